The zero-order valence-corrected chi connectivity index (χ0v) is 13.0. The molecule has 2 N–H and O–H groups in total. The van der Waals surface area contributed by atoms with Crippen LogP contribution in [0.5, 0.6) is 11.5 Å². The number of phenolic OH excluding ortho intramolecular Hbond substituents is 1. The summed E-state index contributed by atoms with van der Waals surface area (Å²) in [5.74, 6) is 1.39. The van der Waals surface area contributed by atoms with E-state index in [0.29, 0.717) is 23.8 Å². The highest BCUT2D eigenvalue weighted by molar-refractivity contribution is 5.79. The molecule has 0 unspecified atom stereocenters. The molecule has 0 aliphatic heterocycles. The molecular formula is C19H21NO3. The molecule has 120 valence electrons. The van der Waals surface area contributed by atoms with Crippen molar-refractivity contribution in [3.8, 4) is 11.5 Å². The number of nitrogens with one attached hydrogen (secondary N) is 1. The lowest BCUT2D eigenvalue weighted by Gasteiger charge is -2.12. The van der Waals surface area contributed by atoms with Crippen LogP contribution >= 0.6 is 0 Å². The Labute approximate surface area is 136 Å². The molecular weight excluding hydrogens is 290 g/mol. The fourth-order valence-corrected chi connectivity index (χ4v) is 2.40. The molecule has 0 atom stereocenters. The van der Waals surface area contributed by atoms with Crippen molar-refractivity contribution < 1.29 is 14.6 Å². The van der Waals surface area contributed by atoms with Gasteiger partial charge in [0.2, 0.25) is 5.91 Å². The number of aromatic hydroxyl groups is 1. The number of phenols is 1. The molecule has 2 aromatic rings. The lowest BCUT2D eigenvalue weighted by Crippen LogP contribution is -2.27. The minimum Gasteiger partial charge on any atom is -0.508 e. The van der Waals surface area contributed by atoms with Crippen LogP contribution in [-0.2, 0) is 17.8 Å². The van der Waals surface area contributed by atoms with Crippen LogP contribution in [0.3, 0.4) is 0 Å². The van der Waals surface area contributed by atoms with Crippen molar-refractivity contribution in [2.75, 3.05) is 6.54 Å². The molecule has 0 heterocycles. The van der Waals surface area contributed by atoms with Gasteiger partial charge in [-0.2, -0.15) is 0 Å². The number of ether oxygens (including phenoxy) is 1. The van der Waals surface area contributed by atoms with Crippen LogP contribution in [0.2, 0.25) is 0 Å². The summed E-state index contributed by atoms with van der Waals surface area (Å²) in [7, 11) is 0. The van der Waals surface area contributed by atoms with Crippen molar-refractivity contribution in [3.05, 3.63) is 59.7 Å². The molecule has 4 heteroatoms. The standard InChI is InChI=1S/C19H21NO3/c21-17-8-9-18(23-13-15-4-2-1-3-5-15)16(10-17)11-19(22)20-12-14-6-7-14/h1-5,8-10,14,21H,6-7,11-13H2,(H,20,22). The van der Waals surface area contributed by atoms with Gasteiger partial charge in [0.05, 0.1) is 6.42 Å². The smallest absolute Gasteiger partial charge is 0.224 e. The summed E-state index contributed by atoms with van der Waals surface area (Å²) in [4.78, 5) is 12.0. The van der Waals surface area contributed by atoms with Crippen molar-refractivity contribution >= 4 is 5.91 Å². The molecule has 0 saturated heterocycles. The highest BCUT2D eigenvalue weighted by atomic mass is 16.5. The summed E-state index contributed by atoms with van der Waals surface area (Å²) in [5, 5.41) is 12.6. The number of amides is 1. The molecule has 23 heavy (non-hydrogen) atoms. The van der Waals surface area contributed by atoms with E-state index in [9.17, 15) is 9.90 Å². The van der Waals surface area contributed by atoms with Crippen molar-refractivity contribution in [2.24, 2.45) is 5.92 Å². The summed E-state index contributed by atoms with van der Waals surface area (Å²) in [6.07, 6.45) is 2.63. The minimum atomic E-state index is -0.0351. The van der Waals surface area contributed by atoms with E-state index in [1.807, 2.05) is 30.3 Å². The topological polar surface area (TPSA) is 58.6 Å². The van der Waals surface area contributed by atoms with Crippen molar-refractivity contribution in [3.63, 3.8) is 0 Å². The van der Waals surface area contributed by atoms with Crippen LogP contribution < -0.4 is 10.1 Å². The van der Waals surface area contributed by atoms with Gasteiger partial charge in [-0.3, -0.25) is 4.79 Å². The van der Waals surface area contributed by atoms with Crippen LogP contribution in [0.4, 0.5) is 0 Å². The zero-order chi connectivity index (χ0) is 16.1. The summed E-state index contributed by atoms with van der Waals surface area (Å²) >= 11 is 0. The normalized spacial score (nSPS) is 13.6. The molecule has 1 fully saturated rings. The maximum Gasteiger partial charge on any atom is 0.224 e. The summed E-state index contributed by atoms with van der Waals surface area (Å²) in [5.41, 5.74) is 1.76. The second-order valence-corrected chi connectivity index (χ2v) is 5.99. The Morgan fingerprint density at radius 1 is 1.17 bits per heavy atom. The van der Waals surface area contributed by atoms with E-state index in [-0.39, 0.29) is 18.1 Å². The predicted molar refractivity (Wildman–Crippen MR) is 88.3 cm³/mol. The SMILES string of the molecule is O=C(Cc1cc(O)ccc1OCc1ccccc1)NCC1CC1. The molecule has 0 spiro atoms. The zero-order valence-electron chi connectivity index (χ0n) is 13.0. The summed E-state index contributed by atoms with van der Waals surface area (Å²) < 4.78 is 5.83. The average Bonchev–Trinajstić information content (AvgIpc) is 3.37. The van der Waals surface area contributed by atoms with E-state index < -0.39 is 0 Å². The van der Waals surface area contributed by atoms with Gasteiger partial charge in [-0.15, -0.1) is 0 Å². The monoisotopic (exact) mass is 311 g/mol. The second-order valence-electron chi connectivity index (χ2n) is 5.99. The first kappa shape index (κ1) is 15.4. The number of carbonyl (C=O) groups excluding carboxylic acids is 1. The van der Waals surface area contributed by atoms with Gasteiger partial charge in [0.15, 0.2) is 0 Å². The van der Waals surface area contributed by atoms with Crippen LogP contribution in [0, 0.1) is 5.92 Å². The Balaban J connectivity index is 1.63. The number of hydrogen-bond acceptors (Lipinski definition) is 3. The van der Waals surface area contributed by atoms with Gasteiger partial charge in [0.1, 0.15) is 18.1 Å². The van der Waals surface area contributed by atoms with E-state index >= 15 is 0 Å². The second kappa shape index (κ2) is 7.18. The van der Waals surface area contributed by atoms with E-state index in [2.05, 4.69) is 5.32 Å². The Morgan fingerprint density at radius 2 is 1.96 bits per heavy atom. The summed E-state index contributed by atoms with van der Waals surface area (Å²) in [6, 6.07) is 14.7. The molecule has 4 nitrogen and oxygen atoms in total. The number of carbonyl (C=O) groups is 1. The summed E-state index contributed by atoms with van der Waals surface area (Å²) in [6.45, 7) is 1.18. The van der Waals surface area contributed by atoms with Gasteiger partial charge in [-0.1, -0.05) is 30.3 Å². The Hall–Kier alpha value is -2.49. The average molecular weight is 311 g/mol. The highest BCUT2D eigenvalue weighted by Gasteiger charge is 2.21. The number of hydrogen-bond donors (Lipinski definition) is 2. The van der Waals surface area contributed by atoms with Gasteiger partial charge < -0.3 is 15.2 Å². The first-order chi connectivity index (χ1) is 11.2. The Bertz CT molecular complexity index is 666. The maximum absolute atomic E-state index is 12.0. The molecule has 1 saturated carbocycles. The van der Waals surface area contributed by atoms with Gasteiger partial charge in [-0.25, -0.2) is 0 Å². The third kappa shape index (κ3) is 4.74. The minimum absolute atomic E-state index is 0.0351. The molecule has 2 aromatic carbocycles. The van der Waals surface area contributed by atoms with Crippen LogP contribution in [0.1, 0.15) is 24.0 Å². The first-order valence-electron chi connectivity index (χ1n) is 7.96. The quantitative estimate of drug-likeness (QED) is 0.826. The molecule has 1 aliphatic rings. The van der Waals surface area contributed by atoms with Gasteiger partial charge in [0.25, 0.3) is 0 Å². The molecule has 0 radical (unpaired) electrons. The predicted octanol–water partition coefficient (Wildman–Crippen LogP) is 3.04. The molecule has 0 aromatic heterocycles. The van der Waals surface area contributed by atoms with Crippen molar-refractivity contribution in [1.82, 2.24) is 5.32 Å². The Morgan fingerprint density at radius 3 is 2.70 bits per heavy atom. The molecule has 1 amide bonds. The van der Waals surface area contributed by atoms with E-state index in [1.54, 1.807) is 18.2 Å². The molecule has 1 aliphatic carbocycles. The number of rotatable bonds is 7. The number of benzene rings is 2. The van der Waals surface area contributed by atoms with Gasteiger partial charge in [-0.05, 0) is 42.5 Å². The van der Waals surface area contributed by atoms with Crippen molar-refractivity contribution in [2.45, 2.75) is 25.9 Å². The third-order valence-electron chi connectivity index (χ3n) is 3.92. The maximum atomic E-state index is 12.0. The van der Waals surface area contributed by atoms with E-state index in [0.717, 1.165) is 12.1 Å². The lowest BCUT2D eigenvalue weighted by atomic mass is 10.1. The van der Waals surface area contributed by atoms with Crippen molar-refractivity contribution in [1.29, 1.82) is 0 Å². The van der Waals surface area contributed by atoms with Crippen LogP contribution in [-0.4, -0.2) is 17.6 Å². The first-order valence-corrected chi connectivity index (χ1v) is 7.96. The lowest BCUT2D eigenvalue weighted by molar-refractivity contribution is -0.120. The fourth-order valence-electron chi connectivity index (χ4n) is 2.40. The van der Waals surface area contributed by atoms with E-state index in [1.165, 1.54) is 12.8 Å². The third-order valence-corrected chi connectivity index (χ3v) is 3.92. The molecule has 0 bridgehead atoms. The highest BCUT2D eigenvalue weighted by Crippen LogP contribution is 2.28. The molecule has 3 rings (SSSR count). The van der Waals surface area contributed by atoms with E-state index in [4.69, 9.17) is 4.74 Å². The Kier molecular flexibility index (Phi) is 4.81. The van der Waals surface area contributed by atoms with Crippen LogP contribution in [0.25, 0.3) is 0 Å². The van der Waals surface area contributed by atoms with Gasteiger partial charge >= 0.3 is 0 Å². The van der Waals surface area contributed by atoms with Crippen LogP contribution in [0.15, 0.2) is 48.5 Å². The largest absolute Gasteiger partial charge is 0.508 e. The van der Waals surface area contributed by atoms with Gasteiger partial charge in [0, 0.05) is 12.1 Å². The fraction of sp³-hybridized carbons (Fsp3) is 0.316.